The molecule has 0 spiro atoms. The Morgan fingerprint density at radius 3 is 2.46 bits per heavy atom. The third kappa shape index (κ3) is 3.68. The number of sulfone groups is 1. The zero-order chi connectivity index (χ0) is 19.7. The van der Waals surface area contributed by atoms with Crippen LogP contribution in [-0.2, 0) is 22.8 Å². The molecule has 0 fully saturated rings. The van der Waals surface area contributed by atoms with Crippen molar-refractivity contribution in [3.05, 3.63) is 60.0 Å². The van der Waals surface area contributed by atoms with E-state index in [0.717, 1.165) is 29.9 Å². The average molecular weight is 396 g/mol. The summed E-state index contributed by atoms with van der Waals surface area (Å²) in [7, 11) is -1.58. The van der Waals surface area contributed by atoms with E-state index in [9.17, 15) is 8.42 Å². The maximum absolute atomic E-state index is 11.6. The summed E-state index contributed by atoms with van der Waals surface area (Å²) in [6.07, 6.45) is 5.50. The van der Waals surface area contributed by atoms with Crippen LogP contribution < -0.4 is 9.64 Å². The van der Waals surface area contributed by atoms with Gasteiger partial charge in [0.2, 0.25) is 0 Å². The third-order valence-electron chi connectivity index (χ3n) is 4.77. The molecule has 0 aliphatic carbocycles. The first-order valence-electron chi connectivity index (χ1n) is 8.84. The minimum Gasteiger partial charge on any atom is -0.495 e. The molecule has 0 saturated carbocycles. The highest BCUT2D eigenvalue weighted by Crippen LogP contribution is 2.26. The molecular formula is C20H20N4O3S. The van der Waals surface area contributed by atoms with E-state index in [-0.39, 0.29) is 0 Å². The Labute approximate surface area is 164 Å². The van der Waals surface area contributed by atoms with E-state index < -0.39 is 9.84 Å². The van der Waals surface area contributed by atoms with Gasteiger partial charge < -0.3 is 9.64 Å². The SMILES string of the molecule is COc1ccc(-c2ncc3c(n2)CCN(c2ccc(S(C)(=O)=O)cc2)C3)nc1. The predicted octanol–water partition coefficient (Wildman–Crippen LogP) is 2.51. The highest BCUT2D eigenvalue weighted by molar-refractivity contribution is 7.90. The molecule has 28 heavy (non-hydrogen) atoms. The number of fused-ring (bicyclic) bond motifs is 1. The second-order valence-corrected chi connectivity index (χ2v) is 8.70. The minimum absolute atomic E-state index is 0.327. The monoisotopic (exact) mass is 396 g/mol. The molecule has 2 aromatic heterocycles. The molecule has 1 aliphatic heterocycles. The lowest BCUT2D eigenvalue weighted by Crippen LogP contribution is -2.31. The highest BCUT2D eigenvalue weighted by atomic mass is 32.2. The van der Waals surface area contributed by atoms with E-state index in [1.807, 2.05) is 30.5 Å². The van der Waals surface area contributed by atoms with Crippen LogP contribution in [0.25, 0.3) is 11.5 Å². The van der Waals surface area contributed by atoms with Crippen molar-refractivity contribution in [1.82, 2.24) is 15.0 Å². The zero-order valence-electron chi connectivity index (χ0n) is 15.7. The Balaban J connectivity index is 1.54. The van der Waals surface area contributed by atoms with Gasteiger partial charge in [-0.25, -0.2) is 23.4 Å². The van der Waals surface area contributed by atoms with Crippen molar-refractivity contribution in [2.75, 3.05) is 24.8 Å². The van der Waals surface area contributed by atoms with Crippen molar-refractivity contribution in [1.29, 1.82) is 0 Å². The molecule has 3 heterocycles. The van der Waals surface area contributed by atoms with Crippen molar-refractivity contribution in [2.24, 2.45) is 0 Å². The standard InChI is InChI=1S/C20H20N4O3S/c1-27-16-5-8-19(21-12-16)20-22-11-14-13-24(10-9-18(14)23-20)15-3-6-17(7-4-15)28(2,25)26/h3-8,11-12H,9-10,13H2,1-2H3. The van der Waals surface area contributed by atoms with Crippen LogP contribution in [-0.4, -0.2) is 43.3 Å². The molecule has 144 valence electrons. The van der Waals surface area contributed by atoms with Gasteiger partial charge in [-0.3, -0.25) is 0 Å². The summed E-state index contributed by atoms with van der Waals surface area (Å²) in [5, 5.41) is 0. The van der Waals surface area contributed by atoms with Gasteiger partial charge in [0.25, 0.3) is 0 Å². The van der Waals surface area contributed by atoms with Crippen LogP contribution in [0.5, 0.6) is 5.75 Å². The summed E-state index contributed by atoms with van der Waals surface area (Å²) in [4.78, 5) is 16.0. The molecular weight excluding hydrogens is 376 g/mol. The lowest BCUT2D eigenvalue weighted by Gasteiger charge is -2.30. The fourth-order valence-electron chi connectivity index (χ4n) is 3.20. The van der Waals surface area contributed by atoms with Crippen molar-refractivity contribution in [2.45, 2.75) is 17.9 Å². The summed E-state index contributed by atoms with van der Waals surface area (Å²) >= 11 is 0. The molecule has 0 radical (unpaired) electrons. The Morgan fingerprint density at radius 1 is 1.04 bits per heavy atom. The molecule has 0 unspecified atom stereocenters. The van der Waals surface area contributed by atoms with Gasteiger partial charge in [-0.05, 0) is 36.4 Å². The number of methoxy groups -OCH3 is 1. The smallest absolute Gasteiger partial charge is 0.178 e. The average Bonchev–Trinajstić information content (AvgIpc) is 2.72. The molecule has 0 saturated heterocycles. The fraction of sp³-hybridized carbons (Fsp3) is 0.250. The molecule has 0 bridgehead atoms. The number of rotatable bonds is 4. The van der Waals surface area contributed by atoms with Crippen LogP contribution in [0.3, 0.4) is 0 Å². The molecule has 0 atom stereocenters. The molecule has 1 aliphatic rings. The normalized spacial score (nSPS) is 13.9. The fourth-order valence-corrected chi connectivity index (χ4v) is 3.83. The second-order valence-electron chi connectivity index (χ2n) is 6.69. The number of aromatic nitrogens is 3. The molecule has 7 nitrogen and oxygen atoms in total. The number of nitrogens with zero attached hydrogens (tertiary/aromatic N) is 4. The first-order chi connectivity index (χ1) is 13.4. The van der Waals surface area contributed by atoms with Crippen molar-refractivity contribution < 1.29 is 13.2 Å². The number of benzene rings is 1. The van der Waals surface area contributed by atoms with E-state index in [2.05, 4.69) is 14.9 Å². The summed E-state index contributed by atoms with van der Waals surface area (Å²) < 4.78 is 28.4. The van der Waals surface area contributed by atoms with E-state index in [1.165, 1.54) is 6.26 Å². The summed E-state index contributed by atoms with van der Waals surface area (Å²) in [6, 6.07) is 10.7. The summed E-state index contributed by atoms with van der Waals surface area (Å²) in [5.41, 5.74) is 3.78. The minimum atomic E-state index is -3.19. The van der Waals surface area contributed by atoms with Crippen LogP contribution in [0.4, 0.5) is 5.69 Å². The summed E-state index contributed by atoms with van der Waals surface area (Å²) in [6.45, 7) is 1.49. The highest BCUT2D eigenvalue weighted by Gasteiger charge is 2.20. The van der Waals surface area contributed by atoms with Crippen LogP contribution in [0, 0.1) is 0 Å². The van der Waals surface area contributed by atoms with Crippen molar-refractivity contribution >= 4 is 15.5 Å². The predicted molar refractivity (Wildman–Crippen MR) is 106 cm³/mol. The van der Waals surface area contributed by atoms with Gasteiger partial charge in [-0.1, -0.05) is 0 Å². The van der Waals surface area contributed by atoms with Crippen molar-refractivity contribution in [3.63, 3.8) is 0 Å². The number of hydrogen-bond acceptors (Lipinski definition) is 7. The Bertz CT molecular complexity index is 1100. The van der Waals surface area contributed by atoms with Gasteiger partial charge in [0.15, 0.2) is 15.7 Å². The first-order valence-corrected chi connectivity index (χ1v) is 10.7. The largest absolute Gasteiger partial charge is 0.495 e. The lowest BCUT2D eigenvalue weighted by molar-refractivity contribution is 0.413. The van der Waals surface area contributed by atoms with Gasteiger partial charge in [0.1, 0.15) is 11.4 Å². The number of hydrogen-bond donors (Lipinski definition) is 0. The molecule has 1 aromatic carbocycles. The topological polar surface area (TPSA) is 85.3 Å². The Kier molecular flexibility index (Phi) is 4.72. The molecule has 3 aromatic rings. The molecule has 4 rings (SSSR count). The quantitative estimate of drug-likeness (QED) is 0.670. The number of ether oxygens (including phenoxy) is 1. The second kappa shape index (κ2) is 7.20. The van der Waals surface area contributed by atoms with E-state index in [4.69, 9.17) is 9.72 Å². The maximum atomic E-state index is 11.6. The van der Waals surface area contributed by atoms with Crippen LogP contribution in [0.15, 0.2) is 53.7 Å². The number of anilines is 1. The Morgan fingerprint density at radius 2 is 1.82 bits per heavy atom. The van der Waals surface area contributed by atoms with E-state index in [1.54, 1.807) is 25.4 Å². The van der Waals surface area contributed by atoms with Crippen LogP contribution in [0.2, 0.25) is 0 Å². The lowest BCUT2D eigenvalue weighted by atomic mass is 10.1. The maximum Gasteiger partial charge on any atom is 0.178 e. The Hall–Kier alpha value is -3.00. The molecule has 0 amide bonds. The van der Waals surface area contributed by atoms with Crippen LogP contribution >= 0.6 is 0 Å². The van der Waals surface area contributed by atoms with E-state index >= 15 is 0 Å². The summed E-state index contributed by atoms with van der Waals surface area (Å²) in [5.74, 6) is 1.30. The third-order valence-corrected chi connectivity index (χ3v) is 5.89. The van der Waals surface area contributed by atoms with Gasteiger partial charge >= 0.3 is 0 Å². The molecule has 0 N–H and O–H groups in total. The van der Waals surface area contributed by atoms with Gasteiger partial charge in [-0.2, -0.15) is 0 Å². The molecule has 8 heteroatoms. The van der Waals surface area contributed by atoms with Crippen LogP contribution in [0.1, 0.15) is 11.3 Å². The zero-order valence-corrected chi connectivity index (χ0v) is 16.5. The van der Waals surface area contributed by atoms with Gasteiger partial charge in [0.05, 0.1) is 23.9 Å². The number of pyridine rings is 1. The first kappa shape index (κ1) is 18.4. The van der Waals surface area contributed by atoms with Crippen molar-refractivity contribution in [3.8, 4) is 17.3 Å². The van der Waals surface area contributed by atoms with Gasteiger partial charge in [0, 0.05) is 43.2 Å². The van der Waals surface area contributed by atoms with Gasteiger partial charge in [-0.15, -0.1) is 0 Å². The van der Waals surface area contributed by atoms with E-state index in [0.29, 0.717) is 28.7 Å².